The standard InChI is InChI=1S/C22H18ClF3N2O3S/c1-15-6-5-7-17(12-15)28(32(30,31)18-8-3-2-4-9-18)14-21(29)27-20-13-16(22(24,25)26)10-11-19(20)23/h2-13H,14H2,1H3,(H,27,29). The van der Waals surface area contributed by atoms with Gasteiger partial charge in [-0.1, -0.05) is 41.9 Å². The van der Waals surface area contributed by atoms with Crippen LogP contribution < -0.4 is 9.62 Å². The number of sulfonamides is 1. The Morgan fingerprint density at radius 3 is 2.31 bits per heavy atom. The number of halogens is 4. The minimum Gasteiger partial charge on any atom is -0.323 e. The molecule has 0 spiro atoms. The summed E-state index contributed by atoms with van der Waals surface area (Å²) in [6.07, 6.45) is -4.63. The third kappa shape index (κ3) is 5.41. The van der Waals surface area contributed by atoms with Crippen molar-refractivity contribution in [2.24, 2.45) is 0 Å². The van der Waals surface area contributed by atoms with E-state index in [-0.39, 0.29) is 21.3 Å². The van der Waals surface area contributed by atoms with Crippen LogP contribution >= 0.6 is 11.6 Å². The number of benzene rings is 3. The van der Waals surface area contributed by atoms with Crippen molar-refractivity contribution in [1.82, 2.24) is 0 Å². The van der Waals surface area contributed by atoms with Gasteiger partial charge in [0.2, 0.25) is 5.91 Å². The van der Waals surface area contributed by atoms with Gasteiger partial charge in [0.1, 0.15) is 6.54 Å². The normalized spacial score (nSPS) is 11.8. The number of rotatable bonds is 6. The molecule has 0 atom stereocenters. The highest BCUT2D eigenvalue weighted by Gasteiger charge is 2.32. The van der Waals surface area contributed by atoms with Crippen LogP contribution in [0.25, 0.3) is 0 Å². The first-order chi connectivity index (χ1) is 15.0. The maximum Gasteiger partial charge on any atom is 0.416 e. The van der Waals surface area contributed by atoms with Gasteiger partial charge in [0.15, 0.2) is 0 Å². The SMILES string of the molecule is Cc1cccc(N(CC(=O)Nc2cc(C(F)(F)F)ccc2Cl)S(=O)(=O)c2ccccc2)c1. The van der Waals surface area contributed by atoms with Gasteiger partial charge in [0, 0.05) is 0 Å². The predicted molar refractivity (Wildman–Crippen MR) is 117 cm³/mol. The molecule has 0 bridgehead atoms. The van der Waals surface area contributed by atoms with Gasteiger partial charge in [-0.3, -0.25) is 9.10 Å². The Labute approximate surface area is 188 Å². The Morgan fingerprint density at radius 1 is 1.00 bits per heavy atom. The van der Waals surface area contributed by atoms with Crippen molar-refractivity contribution in [1.29, 1.82) is 0 Å². The second kappa shape index (κ2) is 9.22. The molecule has 0 unspecified atom stereocenters. The van der Waals surface area contributed by atoms with Crippen molar-refractivity contribution in [3.63, 3.8) is 0 Å². The first-order valence-electron chi connectivity index (χ1n) is 9.29. The van der Waals surface area contributed by atoms with Crippen LogP contribution in [0, 0.1) is 6.92 Å². The van der Waals surface area contributed by atoms with E-state index in [1.54, 1.807) is 43.3 Å². The highest BCUT2D eigenvalue weighted by molar-refractivity contribution is 7.92. The lowest BCUT2D eigenvalue weighted by molar-refractivity contribution is -0.137. The first kappa shape index (κ1) is 23.6. The molecule has 0 radical (unpaired) electrons. The van der Waals surface area contributed by atoms with Crippen molar-refractivity contribution in [3.8, 4) is 0 Å². The molecule has 1 N–H and O–H groups in total. The van der Waals surface area contributed by atoms with Crippen LogP contribution in [0.2, 0.25) is 5.02 Å². The van der Waals surface area contributed by atoms with Crippen molar-refractivity contribution in [2.75, 3.05) is 16.2 Å². The lowest BCUT2D eigenvalue weighted by Gasteiger charge is -2.24. The number of alkyl halides is 3. The Balaban J connectivity index is 1.95. The number of aryl methyl sites for hydroxylation is 1. The number of amides is 1. The summed E-state index contributed by atoms with van der Waals surface area (Å²) in [5, 5.41) is 2.17. The maximum atomic E-state index is 13.3. The molecular weight excluding hydrogens is 465 g/mol. The smallest absolute Gasteiger partial charge is 0.323 e. The summed E-state index contributed by atoms with van der Waals surface area (Å²) in [6.45, 7) is 1.09. The average Bonchev–Trinajstić information content (AvgIpc) is 2.73. The molecule has 0 aliphatic heterocycles. The molecule has 0 fully saturated rings. The molecule has 0 saturated heterocycles. The third-order valence-electron chi connectivity index (χ3n) is 4.48. The predicted octanol–water partition coefficient (Wildman–Crippen LogP) is 5.50. The van der Waals surface area contributed by atoms with E-state index in [9.17, 15) is 26.4 Å². The summed E-state index contributed by atoms with van der Waals surface area (Å²) in [6, 6.07) is 16.5. The van der Waals surface area contributed by atoms with Crippen molar-refractivity contribution >= 4 is 38.9 Å². The fourth-order valence-corrected chi connectivity index (χ4v) is 4.53. The lowest BCUT2D eigenvalue weighted by atomic mass is 10.2. The van der Waals surface area contributed by atoms with Crippen LogP contribution in [-0.2, 0) is 21.0 Å². The molecule has 0 aliphatic carbocycles. The number of hydrogen-bond donors (Lipinski definition) is 1. The van der Waals surface area contributed by atoms with Gasteiger partial charge < -0.3 is 5.32 Å². The van der Waals surface area contributed by atoms with E-state index in [1.807, 2.05) is 0 Å². The van der Waals surface area contributed by atoms with E-state index in [1.165, 1.54) is 18.2 Å². The number of nitrogens with zero attached hydrogens (tertiary/aromatic N) is 1. The Hall–Kier alpha value is -3.04. The summed E-state index contributed by atoms with van der Waals surface area (Å²) >= 11 is 5.94. The molecule has 3 aromatic rings. The molecule has 0 saturated carbocycles. The number of nitrogens with one attached hydrogen (secondary N) is 1. The average molecular weight is 483 g/mol. The molecule has 3 aromatic carbocycles. The van der Waals surface area contributed by atoms with Crippen LogP contribution in [0.5, 0.6) is 0 Å². The van der Waals surface area contributed by atoms with Crippen molar-refractivity contribution in [3.05, 3.63) is 88.9 Å². The second-order valence-electron chi connectivity index (χ2n) is 6.90. The Morgan fingerprint density at radius 2 is 1.69 bits per heavy atom. The number of hydrogen-bond acceptors (Lipinski definition) is 3. The molecule has 10 heteroatoms. The molecule has 0 aliphatic rings. The van der Waals surface area contributed by atoms with Gasteiger partial charge in [0.25, 0.3) is 10.0 Å². The molecule has 0 heterocycles. The van der Waals surface area contributed by atoms with E-state index in [0.29, 0.717) is 6.07 Å². The van der Waals surface area contributed by atoms with Crippen LogP contribution in [0.4, 0.5) is 24.5 Å². The quantitative estimate of drug-likeness (QED) is 0.504. The zero-order valence-electron chi connectivity index (χ0n) is 16.7. The van der Waals surface area contributed by atoms with Crippen LogP contribution in [-0.4, -0.2) is 20.9 Å². The largest absolute Gasteiger partial charge is 0.416 e. The van der Waals surface area contributed by atoms with Gasteiger partial charge >= 0.3 is 6.18 Å². The van der Waals surface area contributed by atoms with E-state index in [4.69, 9.17) is 11.6 Å². The summed E-state index contributed by atoms with van der Waals surface area (Å²) < 4.78 is 66.4. The second-order valence-corrected chi connectivity index (χ2v) is 9.17. The minimum absolute atomic E-state index is 0.0357. The van der Waals surface area contributed by atoms with Crippen LogP contribution in [0.15, 0.2) is 77.7 Å². The first-order valence-corrected chi connectivity index (χ1v) is 11.1. The fourth-order valence-electron chi connectivity index (χ4n) is 2.94. The highest BCUT2D eigenvalue weighted by Crippen LogP contribution is 2.34. The molecular formula is C22H18ClF3N2O3S. The molecule has 1 amide bonds. The van der Waals surface area contributed by atoms with Gasteiger partial charge in [-0.15, -0.1) is 0 Å². The van der Waals surface area contributed by atoms with E-state index in [2.05, 4.69) is 5.32 Å². The fraction of sp³-hybridized carbons (Fsp3) is 0.136. The zero-order valence-corrected chi connectivity index (χ0v) is 18.3. The van der Waals surface area contributed by atoms with Crippen molar-refractivity contribution < 1.29 is 26.4 Å². The van der Waals surface area contributed by atoms with E-state index in [0.717, 1.165) is 22.0 Å². The van der Waals surface area contributed by atoms with E-state index < -0.39 is 34.2 Å². The van der Waals surface area contributed by atoms with Gasteiger partial charge in [-0.05, 0) is 55.0 Å². The molecule has 0 aromatic heterocycles. The van der Waals surface area contributed by atoms with Gasteiger partial charge in [-0.2, -0.15) is 13.2 Å². The Kier molecular flexibility index (Phi) is 6.80. The maximum absolute atomic E-state index is 13.3. The Bertz CT molecular complexity index is 1230. The molecule has 168 valence electrons. The summed E-state index contributed by atoms with van der Waals surface area (Å²) in [5.74, 6) is -0.854. The van der Waals surface area contributed by atoms with Crippen molar-refractivity contribution in [2.45, 2.75) is 18.0 Å². The summed E-state index contributed by atoms with van der Waals surface area (Å²) in [4.78, 5) is 12.7. The van der Waals surface area contributed by atoms with Gasteiger partial charge in [-0.25, -0.2) is 8.42 Å². The monoisotopic (exact) mass is 482 g/mol. The molecule has 5 nitrogen and oxygen atoms in total. The molecule has 3 rings (SSSR count). The summed E-state index contributed by atoms with van der Waals surface area (Å²) in [7, 11) is -4.14. The minimum atomic E-state index is -4.63. The third-order valence-corrected chi connectivity index (χ3v) is 6.59. The van der Waals surface area contributed by atoms with Gasteiger partial charge in [0.05, 0.1) is 26.9 Å². The molecule has 32 heavy (non-hydrogen) atoms. The van der Waals surface area contributed by atoms with Crippen LogP contribution in [0.1, 0.15) is 11.1 Å². The topological polar surface area (TPSA) is 66.5 Å². The highest BCUT2D eigenvalue weighted by atomic mass is 35.5. The van der Waals surface area contributed by atoms with E-state index >= 15 is 0 Å². The summed E-state index contributed by atoms with van der Waals surface area (Å²) in [5.41, 5.74) is -0.270. The number of carbonyl (C=O) groups is 1. The van der Waals surface area contributed by atoms with Crippen LogP contribution in [0.3, 0.4) is 0 Å². The number of anilines is 2. The zero-order chi connectivity index (χ0) is 23.5. The lowest BCUT2D eigenvalue weighted by Crippen LogP contribution is -2.38. The number of carbonyl (C=O) groups excluding carboxylic acids is 1.